The van der Waals surface area contributed by atoms with Crippen LogP contribution in [0.4, 0.5) is 18.9 Å². The first kappa shape index (κ1) is 12.7. The predicted molar refractivity (Wildman–Crippen MR) is 62.0 cm³/mol. The van der Waals surface area contributed by atoms with Crippen molar-refractivity contribution in [2.24, 2.45) is 0 Å². The lowest BCUT2D eigenvalue weighted by atomic mass is 10.2. The molecule has 2 aromatic rings. The Morgan fingerprint density at radius 2 is 1.94 bits per heavy atom. The van der Waals surface area contributed by atoms with Gasteiger partial charge in [0.05, 0.1) is 5.56 Å². The fourth-order valence-electron chi connectivity index (χ4n) is 1.31. The van der Waals surface area contributed by atoms with Gasteiger partial charge in [0, 0.05) is 16.8 Å². The summed E-state index contributed by atoms with van der Waals surface area (Å²) in [6, 6.07) is 5.23. The van der Waals surface area contributed by atoms with E-state index in [1.165, 1.54) is 24.7 Å². The zero-order valence-electron chi connectivity index (χ0n) is 8.98. The van der Waals surface area contributed by atoms with E-state index in [1.807, 2.05) is 0 Å². The molecular weight excluding hydrogens is 263 g/mol. The van der Waals surface area contributed by atoms with Gasteiger partial charge < -0.3 is 5.73 Å². The summed E-state index contributed by atoms with van der Waals surface area (Å²) in [5.41, 5.74) is 4.70. The number of anilines is 1. The number of rotatable bonds is 2. The lowest BCUT2D eigenvalue weighted by molar-refractivity contribution is -0.139. The first-order chi connectivity index (χ1) is 8.47. The third-order valence-electron chi connectivity index (χ3n) is 2.08. The van der Waals surface area contributed by atoms with Gasteiger partial charge in [-0.1, -0.05) is 11.8 Å². The normalized spacial score (nSPS) is 11.5. The zero-order valence-corrected chi connectivity index (χ0v) is 9.79. The van der Waals surface area contributed by atoms with Gasteiger partial charge in [-0.05, 0) is 24.3 Å². The van der Waals surface area contributed by atoms with E-state index in [4.69, 9.17) is 5.73 Å². The number of aromatic nitrogens is 2. The van der Waals surface area contributed by atoms with Crippen LogP contribution in [0.3, 0.4) is 0 Å². The van der Waals surface area contributed by atoms with Crippen LogP contribution in [0.15, 0.2) is 46.7 Å². The van der Waals surface area contributed by atoms with Crippen molar-refractivity contribution in [2.75, 3.05) is 5.73 Å². The van der Waals surface area contributed by atoms with Gasteiger partial charge in [-0.15, -0.1) is 0 Å². The molecule has 0 aliphatic rings. The summed E-state index contributed by atoms with van der Waals surface area (Å²) in [5.74, 6) is 0. The molecule has 0 spiro atoms. The minimum absolute atomic E-state index is 0.0652. The molecule has 3 nitrogen and oxygen atoms in total. The Bertz CT molecular complexity index is 543. The SMILES string of the molecule is Nc1ccc(Sc2ccncn2)c(C(F)(F)F)c1. The molecular formula is C11H8F3N3S. The molecule has 0 unspecified atom stereocenters. The van der Waals surface area contributed by atoms with Crippen molar-refractivity contribution in [1.29, 1.82) is 0 Å². The molecule has 0 saturated heterocycles. The van der Waals surface area contributed by atoms with Crippen molar-refractivity contribution in [1.82, 2.24) is 9.97 Å². The summed E-state index contributed by atoms with van der Waals surface area (Å²) < 4.78 is 38.5. The van der Waals surface area contributed by atoms with Crippen LogP contribution < -0.4 is 5.73 Å². The second-order valence-electron chi connectivity index (χ2n) is 3.40. The van der Waals surface area contributed by atoms with Crippen LogP contribution in [0.1, 0.15) is 5.56 Å². The van der Waals surface area contributed by atoms with Crippen LogP contribution >= 0.6 is 11.8 Å². The van der Waals surface area contributed by atoms with E-state index in [1.54, 1.807) is 6.07 Å². The minimum Gasteiger partial charge on any atom is -0.399 e. The monoisotopic (exact) mass is 271 g/mol. The maximum Gasteiger partial charge on any atom is 0.417 e. The smallest absolute Gasteiger partial charge is 0.399 e. The van der Waals surface area contributed by atoms with Crippen molar-refractivity contribution in [3.8, 4) is 0 Å². The third-order valence-corrected chi connectivity index (χ3v) is 3.10. The second-order valence-corrected chi connectivity index (χ2v) is 4.47. The van der Waals surface area contributed by atoms with E-state index in [0.29, 0.717) is 5.03 Å². The summed E-state index contributed by atoms with van der Waals surface area (Å²) in [5, 5.41) is 0.445. The van der Waals surface area contributed by atoms with Crippen LogP contribution in [0.25, 0.3) is 0 Å². The number of halogens is 3. The molecule has 0 amide bonds. The number of benzene rings is 1. The average molecular weight is 271 g/mol. The summed E-state index contributed by atoms with van der Waals surface area (Å²) >= 11 is 0.923. The number of nitrogens with two attached hydrogens (primary N) is 1. The molecule has 1 aromatic heterocycles. The van der Waals surface area contributed by atoms with Crippen molar-refractivity contribution in [2.45, 2.75) is 16.1 Å². The highest BCUT2D eigenvalue weighted by molar-refractivity contribution is 7.99. The van der Waals surface area contributed by atoms with Gasteiger partial charge in [0.15, 0.2) is 0 Å². The Kier molecular flexibility index (Phi) is 3.42. The molecule has 2 rings (SSSR count). The van der Waals surface area contributed by atoms with E-state index in [-0.39, 0.29) is 10.6 Å². The molecule has 7 heteroatoms. The van der Waals surface area contributed by atoms with E-state index in [0.717, 1.165) is 17.8 Å². The first-order valence-electron chi connectivity index (χ1n) is 4.87. The van der Waals surface area contributed by atoms with E-state index in [9.17, 15) is 13.2 Å². The molecule has 94 valence electrons. The molecule has 0 atom stereocenters. The fourth-order valence-corrected chi connectivity index (χ4v) is 2.18. The topological polar surface area (TPSA) is 51.8 Å². The van der Waals surface area contributed by atoms with Crippen molar-refractivity contribution < 1.29 is 13.2 Å². The molecule has 0 saturated carbocycles. The molecule has 1 heterocycles. The molecule has 0 aliphatic heterocycles. The molecule has 0 aliphatic carbocycles. The van der Waals surface area contributed by atoms with Crippen LogP contribution in [-0.2, 0) is 6.18 Å². The molecule has 2 N–H and O–H groups in total. The van der Waals surface area contributed by atoms with Crippen LogP contribution in [0.2, 0.25) is 0 Å². The number of nitrogens with zero attached hydrogens (tertiary/aromatic N) is 2. The highest BCUT2D eigenvalue weighted by atomic mass is 32.2. The highest BCUT2D eigenvalue weighted by Crippen LogP contribution is 2.39. The predicted octanol–water partition coefficient (Wildman–Crippen LogP) is 3.23. The zero-order chi connectivity index (χ0) is 13.2. The Morgan fingerprint density at radius 1 is 1.17 bits per heavy atom. The third kappa shape index (κ3) is 2.92. The van der Waals surface area contributed by atoms with Crippen LogP contribution in [-0.4, -0.2) is 9.97 Å². The first-order valence-corrected chi connectivity index (χ1v) is 5.69. The molecule has 0 bridgehead atoms. The van der Waals surface area contributed by atoms with Gasteiger partial charge in [0.2, 0.25) is 0 Å². The van der Waals surface area contributed by atoms with Gasteiger partial charge in [0.1, 0.15) is 11.4 Å². The molecule has 1 aromatic carbocycles. The quantitative estimate of drug-likeness (QED) is 0.673. The average Bonchev–Trinajstić information content (AvgIpc) is 2.31. The van der Waals surface area contributed by atoms with Crippen LogP contribution in [0.5, 0.6) is 0 Å². The maximum absolute atomic E-state index is 12.8. The van der Waals surface area contributed by atoms with Gasteiger partial charge in [-0.2, -0.15) is 13.2 Å². The largest absolute Gasteiger partial charge is 0.417 e. The number of hydrogen-bond acceptors (Lipinski definition) is 4. The van der Waals surface area contributed by atoms with Crippen LogP contribution in [0, 0.1) is 0 Å². The molecule has 0 radical (unpaired) electrons. The summed E-state index contributed by atoms with van der Waals surface area (Å²) in [6.07, 6.45) is -1.68. The number of hydrogen-bond donors (Lipinski definition) is 1. The van der Waals surface area contributed by atoms with E-state index >= 15 is 0 Å². The van der Waals surface area contributed by atoms with Gasteiger partial charge in [0.25, 0.3) is 0 Å². The van der Waals surface area contributed by atoms with E-state index in [2.05, 4.69) is 9.97 Å². The standard InChI is InChI=1S/C11H8F3N3S/c12-11(13,14)8-5-7(15)1-2-9(8)18-10-3-4-16-6-17-10/h1-6H,15H2. The number of alkyl halides is 3. The number of nitrogen functional groups attached to an aromatic ring is 1. The van der Waals surface area contributed by atoms with Gasteiger partial charge in [-0.25, -0.2) is 9.97 Å². The minimum atomic E-state index is -4.44. The Hall–Kier alpha value is -1.76. The highest BCUT2D eigenvalue weighted by Gasteiger charge is 2.33. The van der Waals surface area contributed by atoms with Crippen molar-refractivity contribution in [3.63, 3.8) is 0 Å². The van der Waals surface area contributed by atoms with Crippen molar-refractivity contribution in [3.05, 3.63) is 42.4 Å². The van der Waals surface area contributed by atoms with Crippen molar-refractivity contribution >= 4 is 17.4 Å². The summed E-state index contributed by atoms with van der Waals surface area (Å²) in [4.78, 5) is 7.64. The summed E-state index contributed by atoms with van der Waals surface area (Å²) in [6.45, 7) is 0. The van der Waals surface area contributed by atoms with E-state index < -0.39 is 11.7 Å². The Labute approximate surface area is 105 Å². The lowest BCUT2D eigenvalue weighted by Gasteiger charge is -2.12. The molecule has 18 heavy (non-hydrogen) atoms. The van der Waals surface area contributed by atoms with Gasteiger partial charge in [-0.3, -0.25) is 0 Å². The van der Waals surface area contributed by atoms with Gasteiger partial charge >= 0.3 is 6.18 Å². The lowest BCUT2D eigenvalue weighted by Crippen LogP contribution is -2.07. The molecule has 0 fully saturated rings. The Balaban J connectivity index is 2.39. The maximum atomic E-state index is 12.8. The Morgan fingerprint density at radius 3 is 2.56 bits per heavy atom. The second kappa shape index (κ2) is 4.85. The summed E-state index contributed by atoms with van der Waals surface area (Å²) in [7, 11) is 0. The fraction of sp³-hybridized carbons (Fsp3) is 0.0909.